The van der Waals surface area contributed by atoms with Crippen molar-refractivity contribution in [3.05, 3.63) is 32.8 Å². The van der Waals surface area contributed by atoms with Gasteiger partial charge in [0.15, 0.2) is 0 Å². The maximum atomic E-state index is 10.8. The Kier molecular flexibility index (Phi) is 3.43. The summed E-state index contributed by atoms with van der Waals surface area (Å²) in [5.41, 5.74) is 0.444. The van der Waals surface area contributed by atoms with Crippen LogP contribution < -0.4 is 4.74 Å². The molecule has 0 atom stereocenters. The second-order valence-corrected chi connectivity index (χ2v) is 4.92. The summed E-state index contributed by atoms with van der Waals surface area (Å²) in [5.74, 6) is 0.572. The van der Waals surface area contributed by atoms with E-state index in [0.29, 0.717) is 5.75 Å². The number of hydrogen-bond donors (Lipinski definition) is 0. The lowest BCUT2D eigenvalue weighted by atomic mass is 9.86. The minimum atomic E-state index is -0.489. The first-order valence-electron chi connectivity index (χ1n) is 4.79. The highest BCUT2D eigenvalue weighted by atomic mass is 35.5. The molecule has 4 nitrogen and oxygen atoms in total. The van der Waals surface area contributed by atoms with Gasteiger partial charge in [0, 0.05) is 17.7 Å². The van der Waals surface area contributed by atoms with E-state index in [2.05, 4.69) is 0 Å². The molecule has 88 valence electrons. The summed E-state index contributed by atoms with van der Waals surface area (Å²) in [6.45, 7) is 5.88. The van der Waals surface area contributed by atoms with Crippen LogP contribution in [-0.2, 0) is 5.41 Å². The molecule has 0 fully saturated rings. The molecule has 0 spiro atoms. The van der Waals surface area contributed by atoms with Crippen molar-refractivity contribution in [3.63, 3.8) is 0 Å². The number of methoxy groups -OCH3 is 1. The van der Waals surface area contributed by atoms with Crippen LogP contribution in [0.2, 0.25) is 5.02 Å². The number of hydrogen-bond acceptors (Lipinski definition) is 3. The average Bonchev–Trinajstić information content (AvgIpc) is 2.14. The highest BCUT2D eigenvalue weighted by Gasteiger charge is 2.24. The summed E-state index contributed by atoms with van der Waals surface area (Å²) in [4.78, 5) is 10.3. The molecule has 0 aromatic heterocycles. The van der Waals surface area contributed by atoms with E-state index < -0.39 is 4.92 Å². The zero-order valence-corrected chi connectivity index (χ0v) is 10.5. The second kappa shape index (κ2) is 4.29. The van der Waals surface area contributed by atoms with Gasteiger partial charge in [-0.25, -0.2) is 0 Å². The fourth-order valence-corrected chi connectivity index (χ4v) is 1.66. The van der Waals surface area contributed by atoms with Gasteiger partial charge in [0.1, 0.15) is 10.8 Å². The quantitative estimate of drug-likeness (QED) is 0.590. The Hall–Kier alpha value is -1.29. The molecule has 1 aromatic rings. The molecule has 0 aliphatic rings. The van der Waals surface area contributed by atoms with Gasteiger partial charge in [-0.1, -0.05) is 32.4 Å². The standard InChI is InChI=1S/C11H14ClNO3/c1-11(2,3)7-5-9(13(14)15)8(12)6-10(7)16-4/h5-6H,1-4H3. The lowest BCUT2D eigenvalue weighted by molar-refractivity contribution is -0.384. The van der Waals surface area contributed by atoms with Gasteiger partial charge in [-0.2, -0.15) is 0 Å². The largest absolute Gasteiger partial charge is 0.496 e. The Bertz CT molecular complexity index is 424. The number of ether oxygens (including phenoxy) is 1. The normalized spacial score (nSPS) is 11.3. The molecule has 0 amide bonds. The van der Waals surface area contributed by atoms with Crippen LogP contribution in [0.15, 0.2) is 12.1 Å². The zero-order valence-electron chi connectivity index (χ0n) is 9.70. The topological polar surface area (TPSA) is 52.4 Å². The van der Waals surface area contributed by atoms with Crippen LogP contribution in [0.25, 0.3) is 0 Å². The van der Waals surface area contributed by atoms with Gasteiger partial charge < -0.3 is 4.74 Å². The highest BCUT2D eigenvalue weighted by Crippen LogP contribution is 2.38. The van der Waals surface area contributed by atoms with Gasteiger partial charge in [-0.15, -0.1) is 0 Å². The maximum Gasteiger partial charge on any atom is 0.288 e. The molecule has 0 bridgehead atoms. The van der Waals surface area contributed by atoms with E-state index in [1.165, 1.54) is 19.2 Å². The molecule has 1 aromatic carbocycles. The van der Waals surface area contributed by atoms with Crippen molar-refractivity contribution < 1.29 is 9.66 Å². The van der Waals surface area contributed by atoms with Crippen molar-refractivity contribution in [2.24, 2.45) is 0 Å². The maximum absolute atomic E-state index is 10.8. The minimum Gasteiger partial charge on any atom is -0.496 e. The van der Waals surface area contributed by atoms with E-state index in [0.717, 1.165) is 5.56 Å². The van der Waals surface area contributed by atoms with Gasteiger partial charge in [0.25, 0.3) is 5.69 Å². The molecule has 0 unspecified atom stereocenters. The summed E-state index contributed by atoms with van der Waals surface area (Å²) < 4.78 is 5.18. The van der Waals surface area contributed by atoms with Crippen molar-refractivity contribution in [2.45, 2.75) is 26.2 Å². The van der Waals surface area contributed by atoms with Gasteiger partial charge in [0.2, 0.25) is 0 Å². The predicted molar refractivity (Wildman–Crippen MR) is 63.4 cm³/mol. The Morgan fingerprint density at radius 1 is 1.38 bits per heavy atom. The van der Waals surface area contributed by atoms with E-state index in [4.69, 9.17) is 16.3 Å². The Morgan fingerprint density at radius 3 is 2.31 bits per heavy atom. The van der Waals surface area contributed by atoms with E-state index >= 15 is 0 Å². The number of nitro groups is 1. The molecule has 5 heteroatoms. The van der Waals surface area contributed by atoms with Crippen LogP contribution >= 0.6 is 11.6 Å². The van der Waals surface area contributed by atoms with Gasteiger partial charge in [-0.3, -0.25) is 10.1 Å². The van der Waals surface area contributed by atoms with Crippen molar-refractivity contribution in [1.82, 2.24) is 0 Å². The number of nitro benzene ring substituents is 1. The second-order valence-electron chi connectivity index (χ2n) is 4.51. The van der Waals surface area contributed by atoms with Crippen LogP contribution in [0.4, 0.5) is 5.69 Å². The molecule has 0 saturated heterocycles. The van der Waals surface area contributed by atoms with Gasteiger partial charge in [-0.05, 0) is 5.41 Å². The highest BCUT2D eigenvalue weighted by molar-refractivity contribution is 6.32. The summed E-state index contributed by atoms with van der Waals surface area (Å²) in [7, 11) is 1.52. The van der Waals surface area contributed by atoms with E-state index in [9.17, 15) is 10.1 Å². The number of nitrogens with zero attached hydrogens (tertiary/aromatic N) is 1. The van der Waals surface area contributed by atoms with Crippen molar-refractivity contribution in [1.29, 1.82) is 0 Å². The molecule has 0 aliphatic heterocycles. The molecule has 0 aliphatic carbocycles. The van der Waals surface area contributed by atoms with Crippen molar-refractivity contribution in [3.8, 4) is 5.75 Å². The molecular formula is C11H14ClNO3. The summed E-state index contributed by atoms with van der Waals surface area (Å²) >= 11 is 5.80. The van der Waals surface area contributed by atoms with E-state index in [1.807, 2.05) is 20.8 Å². The Balaban J connectivity index is 3.47. The molecule has 0 saturated carbocycles. The third-order valence-electron chi connectivity index (χ3n) is 2.27. The van der Waals surface area contributed by atoms with E-state index in [-0.39, 0.29) is 16.1 Å². The molecule has 0 heterocycles. The van der Waals surface area contributed by atoms with Crippen molar-refractivity contribution >= 4 is 17.3 Å². The minimum absolute atomic E-state index is 0.0904. The summed E-state index contributed by atoms with van der Waals surface area (Å²) in [6, 6.07) is 2.96. The van der Waals surface area contributed by atoms with Gasteiger partial charge >= 0.3 is 0 Å². The smallest absolute Gasteiger partial charge is 0.288 e. The summed E-state index contributed by atoms with van der Waals surface area (Å²) in [6.07, 6.45) is 0. The van der Waals surface area contributed by atoms with Crippen LogP contribution in [0.5, 0.6) is 5.75 Å². The third kappa shape index (κ3) is 2.44. The number of benzene rings is 1. The molecule has 16 heavy (non-hydrogen) atoms. The molecule has 0 radical (unpaired) electrons. The van der Waals surface area contributed by atoms with E-state index in [1.54, 1.807) is 0 Å². The fourth-order valence-electron chi connectivity index (χ4n) is 1.44. The fraction of sp³-hybridized carbons (Fsp3) is 0.455. The first-order valence-corrected chi connectivity index (χ1v) is 5.17. The Labute approximate surface area is 99.3 Å². The predicted octanol–water partition coefficient (Wildman–Crippen LogP) is 3.55. The Morgan fingerprint density at radius 2 is 1.94 bits per heavy atom. The molecular weight excluding hydrogens is 230 g/mol. The molecule has 0 N–H and O–H groups in total. The van der Waals surface area contributed by atoms with Crippen LogP contribution in [0.1, 0.15) is 26.3 Å². The lowest BCUT2D eigenvalue weighted by Crippen LogP contribution is -2.13. The van der Waals surface area contributed by atoms with Crippen LogP contribution in [0.3, 0.4) is 0 Å². The van der Waals surface area contributed by atoms with Crippen LogP contribution in [0, 0.1) is 10.1 Å². The van der Waals surface area contributed by atoms with Crippen molar-refractivity contribution in [2.75, 3.05) is 7.11 Å². The van der Waals surface area contributed by atoms with Gasteiger partial charge in [0.05, 0.1) is 12.0 Å². The first-order chi connectivity index (χ1) is 7.27. The SMILES string of the molecule is COc1cc(Cl)c([N+](=O)[O-])cc1C(C)(C)C. The number of halogens is 1. The molecule has 1 rings (SSSR count). The summed E-state index contributed by atoms with van der Waals surface area (Å²) in [5, 5.41) is 10.9. The average molecular weight is 244 g/mol. The zero-order chi connectivity index (χ0) is 12.5. The first kappa shape index (κ1) is 12.8. The third-order valence-corrected chi connectivity index (χ3v) is 2.58. The number of rotatable bonds is 2. The monoisotopic (exact) mass is 243 g/mol. The lowest BCUT2D eigenvalue weighted by Gasteiger charge is -2.21. The van der Waals surface area contributed by atoms with Crippen LogP contribution in [-0.4, -0.2) is 12.0 Å².